The summed E-state index contributed by atoms with van der Waals surface area (Å²) in [6.07, 6.45) is 1.45. The van der Waals surface area contributed by atoms with Gasteiger partial charge in [-0.1, -0.05) is 29.8 Å². The molecule has 2 N–H and O–H groups in total. The molecule has 3 rings (SSSR count). The van der Waals surface area contributed by atoms with Gasteiger partial charge in [-0.3, -0.25) is 9.59 Å². The minimum atomic E-state index is -0.381. The number of hydrogen-bond donors (Lipinski definition) is 2. The Balaban J connectivity index is 1.93. The summed E-state index contributed by atoms with van der Waals surface area (Å²) < 4.78 is 11.4. The third-order valence-corrected chi connectivity index (χ3v) is 4.41. The van der Waals surface area contributed by atoms with Gasteiger partial charge in [0.25, 0.3) is 11.8 Å². The van der Waals surface area contributed by atoms with Gasteiger partial charge in [0.1, 0.15) is 16.7 Å². The van der Waals surface area contributed by atoms with Gasteiger partial charge in [-0.15, -0.1) is 0 Å². The molecule has 0 aliphatic heterocycles. The second-order valence-electron chi connectivity index (χ2n) is 6.35. The van der Waals surface area contributed by atoms with E-state index in [1.54, 1.807) is 42.5 Å². The Kier molecular flexibility index (Phi) is 7.45. The molecular formula is C23H22ClN3O4. The summed E-state index contributed by atoms with van der Waals surface area (Å²) in [6.45, 7) is 4.39. The van der Waals surface area contributed by atoms with E-state index in [4.69, 9.17) is 21.1 Å². The summed E-state index contributed by atoms with van der Waals surface area (Å²) >= 11 is 5.88. The van der Waals surface area contributed by atoms with Crippen LogP contribution >= 0.6 is 11.6 Å². The van der Waals surface area contributed by atoms with E-state index in [1.807, 2.05) is 19.9 Å². The van der Waals surface area contributed by atoms with Crippen LogP contribution in [0.2, 0.25) is 5.15 Å². The number of carbonyl (C=O) groups is 2. The van der Waals surface area contributed by atoms with Crippen molar-refractivity contribution in [3.8, 4) is 11.5 Å². The third kappa shape index (κ3) is 5.73. The maximum Gasteiger partial charge on any atom is 0.255 e. The minimum absolute atomic E-state index is 0.214. The highest BCUT2D eigenvalue weighted by Crippen LogP contribution is 2.37. The molecule has 1 aromatic heterocycles. The van der Waals surface area contributed by atoms with Crippen molar-refractivity contribution in [1.29, 1.82) is 0 Å². The Hall–Kier alpha value is -3.58. The largest absolute Gasteiger partial charge is 0.492 e. The summed E-state index contributed by atoms with van der Waals surface area (Å²) in [7, 11) is 0. The molecule has 2 amide bonds. The van der Waals surface area contributed by atoms with Gasteiger partial charge < -0.3 is 20.1 Å². The van der Waals surface area contributed by atoms with E-state index in [9.17, 15) is 9.59 Å². The number of halogens is 1. The van der Waals surface area contributed by atoms with E-state index >= 15 is 0 Å². The number of pyridine rings is 1. The Morgan fingerprint density at radius 3 is 1.90 bits per heavy atom. The molecule has 2 aromatic carbocycles. The van der Waals surface area contributed by atoms with E-state index in [0.29, 0.717) is 47.2 Å². The monoisotopic (exact) mass is 439 g/mol. The van der Waals surface area contributed by atoms with Crippen LogP contribution in [-0.2, 0) is 0 Å². The van der Waals surface area contributed by atoms with Crippen LogP contribution < -0.4 is 20.1 Å². The number of rotatable bonds is 8. The second-order valence-corrected chi connectivity index (χ2v) is 6.74. The van der Waals surface area contributed by atoms with Crippen molar-refractivity contribution < 1.29 is 19.1 Å². The number of carbonyl (C=O) groups excluding carboxylic acids is 2. The molecule has 0 bridgehead atoms. The molecule has 8 heteroatoms. The molecule has 7 nitrogen and oxygen atoms in total. The fourth-order valence-corrected chi connectivity index (χ4v) is 3.00. The zero-order valence-electron chi connectivity index (χ0n) is 17.1. The lowest BCUT2D eigenvalue weighted by molar-refractivity contribution is 0.101. The molecule has 0 unspecified atom stereocenters. The molecule has 160 valence electrons. The first-order valence-corrected chi connectivity index (χ1v) is 10.1. The van der Waals surface area contributed by atoms with Gasteiger partial charge in [0.05, 0.1) is 24.6 Å². The maximum absolute atomic E-state index is 12.7. The average Bonchev–Trinajstić information content (AvgIpc) is 2.77. The topological polar surface area (TPSA) is 89.6 Å². The SMILES string of the molecule is CCOc1cc(NC(=O)c2ccnc(Cl)c2)c(OCC)cc1NC(=O)c1ccccc1. The van der Waals surface area contributed by atoms with Gasteiger partial charge in [-0.05, 0) is 38.1 Å². The lowest BCUT2D eigenvalue weighted by Gasteiger charge is -2.18. The number of hydrogen-bond acceptors (Lipinski definition) is 5. The van der Waals surface area contributed by atoms with Gasteiger partial charge in [0.2, 0.25) is 0 Å². The zero-order valence-corrected chi connectivity index (χ0v) is 17.9. The molecule has 0 saturated heterocycles. The van der Waals surface area contributed by atoms with Crippen molar-refractivity contribution in [2.24, 2.45) is 0 Å². The smallest absolute Gasteiger partial charge is 0.255 e. The third-order valence-electron chi connectivity index (χ3n) is 4.20. The van der Waals surface area contributed by atoms with E-state index in [0.717, 1.165) is 0 Å². The fraction of sp³-hybridized carbons (Fsp3) is 0.174. The van der Waals surface area contributed by atoms with E-state index in [1.165, 1.54) is 12.3 Å². The quantitative estimate of drug-likeness (QED) is 0.480. The summed E-state index contributed by atoms with van der Waals surface area (Å²) in [5.74, 6) is 0.127. The van der Waals surface area contributed by atoms with Crippen LogP contribution in [0.5, 0.6) is 11.5 Å². The molecule has 0 saturated carbocycles. The molecule has 0 fully saturated rings. The van der Waals surface area contributed by atoms with Crippen LogP contribution in [0.1, 0.15) is 34.6 Å². The van der Waals surface area contributed by atoms with Gasteiger partial charge >= 0.3 is 0 Å². The molecular weight excluding hydrogens is 418 g/mol. The second kappa shape index (κ2) is 10.4. The molecule has 0 aliphatic rings. The van der Waals surface area contributed by atoms with Crippen LogP contribution in [0.3, 0.4) is 0 Å². The van der Waals surface area contributed by atoms with E-state index in [2.05, 4.69) is 15.6 Å². The first kappa shape index (κ1) is 22.1. The molecule has 31 heavy (non-hydrogen) atoms. The lowest BCUT2D eigenvalue weighted by atomic mass is 10.1. The number of nitrogens with one attached hydrogen (secondary N) is 2. The van der Waals surface area contributed by atoms with Crippen LogP contribution in [0.25, 0.3) is 0 Å². The van der Waals surface area contributed by atoms with E-state index in [-0.39, 0.29) is 17.0 Å². The number of aromatic nitrogens is 1. The van der Waals surface area contributed by atoms with Crippen molar-refractivity contribution in [1.82, 2.24) is 4.98 Å². The normalized spacial score (nSPS) is 10.3. The predicted octanol–water partition coefficient (Wildman–Crippen LogP) is 5.04. The van der Waals surface area contributed by atoms with Gasteiger partial charge in [-0.2, -0.15) is 0 Å². The molecule has 3 aromatic rings. The van der Waals surface area contributed by atoms with Crippen molar-refractivity contribution in [2.45, 2.75) is 13.8 Å². The number of ether oxygens (including phenoxy) is 2. The van der Waals surface area contributed by atoms with Crippen molar-refractivity contribution in [2.75, 3.05) is 23.8 Å². The highest BCUT2D eigenvalue weighted by molar-refractivity contribution is 6.29. The number of benzene rings is 2. The minimum Gasteiger partial charge on any atom is -0.492 e. The molecule has 0 radical (unpaired) electrons. The molecule has 1 heterocycles. The Labute approximate surface area is 185 Å². The lowest BCUT2D eigenvalue weighted by Crippen LogP contribution is -2.15. The number of amides is 2. The average molecular weight is 440 g/mol. The highest BCUT2D eigenvalue weighted by Gasteiger charge is 2.17. The Morgan fingerprint density at radius 1 is 0.839 bits per heavy atom. The standard InChI is InChI=1S/C23H22ClN3O4/c1-3-30-19-14-18(27-23(29)16-10-11-25-21(24)12-16)20(31-4-2)13-17(19)26-22(28)15-8-6-5-7-9-15/h5-14H,3-4H2,1-2H3,(H,26,28)(H,27,29). The zero-order chi connectivity index (χ0) is 22.2. The van der Waals surface area contributed by atoms with Crippen LogP contribution in [0, 0.1) is 0 Å². The fourth-order valence-electron chi connectivity index (χ4n) is 2.83. The predicted molar refractivity (Wildman–Crippen MR) is 120 cm³/mol. The number of nitrogens with zero attached hydrogens (tertiary/aromatic N) is 1. The van der Waals surface area contributed by atoms with Crippen LogP contribution in [0.4, 0.5) is 11.4 Å². The van der Waals surface area contributed by atoms with Crippen molar-refractivity contribution >= 4 is 34.8 Å². The van der Waals surface area contributed by atoms with Crippen LogP contribution in [-0.4, -0.2) is 30.0 Å². The van der Waals surface area contributed by atoms with Gasteiger partial charge in [-0.25, -0.2) is 4.98 Å². The van der Waals surface area contributed by atoms with E-state index < -0.39 is 0 Å². The molecule has 0 aliphatic carbocycles. The molecule has 0 atom stereocenters. The summed E-state index contributed by atoms with van der Waals surface area (Å²) in [6, 6.07) is 15.1. The van der Waals surface area contributed by atoms with Gasteiger partial charge in [0.15, 0.2) is 0 Å². The summed E-state index contributed by atoms with van der Waals surface area (Å²) in [4.78, 5) is 29.2. The number of anilines is 2. The molecule has 0 spiro atoms. The Bertz CT molecular complexity index is 1070. The first-order chi connectivity index (χ1) is 15.0. The Morgan fingerprint density at radius 2 is 1.39 bits per heavy atom. The van der Waals surface area contributed by atoms with Gasteiger partial charge in [0, 0.05) is 29.5 Å². The highest BCUT2D eigenvalue weighted by atomic mass is 35.5. The summed E-state index contributed by atoms with van der Waals surface area (Å²) in [5.41, 5.74) is 1.70. The maximum atomic E-state index is 12.7. The van der Waals surface area contributed by atoms with Crippen molar-refractivity contribution in [3.63, 3.8) is 0 Å². The van der Waals surface area contributed by atoms with Crippen molar-refractivity contribution in [3.05, 3.63) is 77.1 Å². The van der Waals surface area contributed by atoms with Crippen LogP contribution in [0.15, 0.2) is 60.8 Å². The summed E-state index contributed by atoms with van der Waals surface area (Å²) in [5, 5.41) is 5.87. The first-order valence-electron chi connectivity index (χ1n) is 9.74.